The maximum atomic E-state index is 13.1. The molecule has 3 aliphatic heterocycles. The molecule has 0 radical (unpaired) electrons. The molecule has 0 aliphatic carbocycles. The standard InChI is InChI=1S/C19H23ClFN3O4/c20-14-9-12(21)1-2-16(14)28-13-3-6-23(7-4-13)19(26)24-8-5-17-15(10-24)22-18(25)11-27-17/h1-2,9,13,15,17H,3-8,10-11H2,(H,22,25)/t15-,17+/m1/s1. The molecule has 3 heterocycles. The Bertz CT molecular complexity index is 757. The molecule has 0 unspecified atom stereocenters. The average molecular weight is 412 g/mol. The molecular weight excluding hydrogens is 389 g/mol. The Morgan fingerprint density at radius 1 is 1.21 bits per heavy atom. The van der Waals surface area contributed by atoms with Crippen LogP contribution in [0.15, 0.2) is 18.2 Å². The topological polar surface area (TPSA) is 71.1 Å². The first-order valence-corrected chi connectivity index (χ1v) is 9.94. The van der Waals surface area contributed by atoms with Gasteiger partial charge in [-0.05, 0) is 24.6 Å². The van der Waals surface area contributed by atoms with Crippen LogP contribution in [0.3, 0.4) is 0 Å². The summed E-state index contributed by atoms with van der Waals surface area (Å²) < 4.78 is 24.6. The smallest absolute Gasteiger partial charge is 0.320 e. The molecule has 1 aromatic rings. The highest BCUT2D eigenvalue weighted by Gasteiger charge is 2.38. The van der Waals surface area contributed by atoms with Crippen molar-refractivity contribution in [3.63, 3.8) is 0 Å². The first-order chi connectivity index (χ1) is 13.5. The van der Waals surface area contributed by atoms with E-state index in [1.807, 2.05) is 4.90 Å². The Kier molecular flexibility index (Phi) is 5.59. The van der Waals surface area contributed by atoms with Crippen LogP contribution in [0.25, 0.3) is 0 Å². The number of benzene rings is 1. The fourth-order valence-electron chi connectivity index (χ4n) is 3.99. The molecule has 9 heteroatoms. The molecule has 3 fully saturated rings. The lowest BCUT2D eigenvalue weighted by atomic mass is 10.0. The van der Waals surface area contributed by atoms with E-state index in [0.29, 0.717) is 44.8 Å². The van der Waals surface area contributed by atoms with E-state index in [1.165, 1.54) is 18.2 Å². The number of carbonyl (C=O) groups excluding carboxylic acids is 2. The molecule has 3 saturated heterocycles. The fourth-order valence-corrected chi connectivity index (χ4v) is 4.20. The summed E-state index contributed by atoms with van der Waals surface area (Å²) in [6, 6.07) is 3.92. The first kappa shape index (κ1) is 19.3. The van der Waals surface area contributed by atoms with Gasteiger partial charge in [-0.2, -0.15) is 0 Å². The highest BCUT2D eigenvalue weighted by atomic mass is 35.5. The summed E-state index contributed by atoms with van der Waals surface area (Å²) in [5.41, 5.74) is 0. The van der Waals surface area contributed by atoms with Gasteiger partial charge in [0.1, 0.15) is 24.3 Å². The third-order valence-electron chi connectivity index (χ3n) is 5.49. The molecule has 2 atom stereocenters. The van der Waals surface area contributed by atoms with Gasteiger partial charge in [0.05, 0.1) is 17.2 Å². The van der Waals surface area contributed by atoms with Crippen LogP contribution in [0.1, 0.15) is 19.3 Å². The number of piperidine rings is 2. The summed E-state index contributed by atoms with van der Waals surface area (Å²) in [4.78, 5) is 28.0. The number of hydrogen-bond donors (Lipinski definition) is 1. The van der Waals surface area contributed by atoms with Crippen molar-refractivity contribution in [3.05, 3.63) is 29.0 Å². The number of morpholine rings is 1. The number of fused-ring (bicyclic) bond motifs is 1. The molecule has 0 spiro atoms. The highest BCUT2D eigenvalue weighted by molar-refractivity contribution is 6.32. The number of halogens is 2. The van der Waals surface area contributed by atoms with Gasteiger partial charge in [0.2, 0.25) is 5.91 Å². The summed E-state index contributed by atoms with van der Waals surface area (Å²) in [6.07, 6.45) is 2.00. The van der Waals surface area contributed by atoms with Crippen LogP contribution in [0.5, 0.6) is 5.75 Å². The number of urea groups is 1. The Balaban J connectivity index is 1.28. The van der Waals surface area contributed by atoms with Crippen molar-refractivity contribution in [1.29, 1.82) is 0 Å². The zero-order valence-corrected chi connectivity index (χ0v) is 16.2. The second-order valence-electron chi connectivity index (χ2n) is 7.42. The molecule has 3 aliphatic rings. The van der Waals surface area contributed by atoms with Gasteiger partial charge in [-0.15, -0.1) is 0 Å². The molecule has 152 valence electrons. The largest absolute Gasteiger partial charge is 0.489 e. The Morgan fingerprint density at radius 3 is 2.71 bits per heavy atom. The number of nitrogens with one attached hydrogen (secondary N) is 1. The molecule has 1 aromatic carbocycles. The van der Waals surface area contributed by atoms with E-state index in [9.17, 15) is 14.0 Å². The van der Waals surface area contributed by atoms with Crippen molar-refractivity contribution < 1.29 is 23.5 Å². The molecule has 0 aromatic heterocycles. The van der Waals surface area contributed by atoms with Gasteiger partial charge in [-0.1, -0.05) is 11.6 Å². The Labute approximate surface area is 167 Å². The molecule has 3 amide bonds. The van der Waals surface area contributed by atoms with Gasteiger partial charge >= 0.3 is 6.03 Å². The van der Waals surface area contributed by atoms with Crippen LogP contribution in [-0.4, -0.2) is 72.8 Å². The van der Waals surface area contributed by atoms with Crippen molar-refractivity contribution in [3.8, 4) is 5.75 Å². The van der Waals surface area contributed by atoms with E-state index >= 15 is 0 Å². The van der Waals surface area contributed by atoms with E-state index < -0.39 is 5.82 Å². The van der Waals surface area contributed by atoms with E-state index in [2.05, 4.69) is 5.32 Å². The molecule has 28 heavy (non-hydrogen) atoms. The van der Waals surface area contributed by atoms with Crippen molar-refractivity contribution >= 4 is 23.5 Å². The number of likely N-dealkylation sites (tertiary alicyclic amines) is 2. The number of hydrogen-bond acceptors (Lipinski definition) is 4. The molecule has 0 saturated carbocycles. The Morgan fingerprint density at radius 2 is 1.96 bits per heavy atom. The second kappa shape index (κ2) is 8.13. The molecule has 0 bridgehead atoms. The minimum atomic E-state index is -0.402. The van der Waals surface area contributed by atoms with Crippen LogP contribution in [0.2, 0.25) is 5.02 Å². The van der Waals surface area contributed by atoms with Crippen LogP contribution in [-0.2, 0) is 9.53 Å². The lowest BCUT2D eigenvalue weighted by Gasteiger charge is -2.43. The van der Waals surface area contributed by atoms with E-state index in [1.54, 1.807) is 4.90 Å². The van der Waals surface area contributed by atoms with Crippen molar-refractivity contribution in [2.45, 2.75) is 37.5 Å². The van der Waals surface area contributed by atoms with Crippen molar-refractivity contribution in [1.82, 2.24) is 15.1 Å². The normalized spacial score (nSPS) is 25.9. The van der Waals surface area contributed by atoms with Gasteiger partial charge in [0.15, 0.2) is 0 Å². The Hall–Kier alpha value is -2.06. The maximum absolute atomic E-state index is 13.1. The third kappa shape index (κ3) is 4.17. The molecule has 7 nitrogen and oxygen atoms in total. The summed E-state index contributed by atoms with van der Waals surface area (Å²) in [5.74, 6) is -0.0722. The quantitative estimate of drug-likeness (QED) is 0.808. The number of nitrogens with zero attached hydrogens (tertiary/aromatic N) is 2. The molecular formula is C19H23ClFN3O4. The van der Waals surface area contributed by atoms with Gasteiger partial charge in [0.25, 0.3) is 0 Å². The maximum Gasteiger partial charge on any atom is 0.320 e. The zero-order valence-electron chi connectivity index (χ0n) is 15.4. The van der Waals surface area contributed by atoms with Crippen LogP contribution in [0, 0.1) is 5.82 Å². The molecule has 1 N–H and O–H groups in total. The summed E-state index contributed by atoms with van der Waals surface area (Å²) in [6.45, 7) is 2.35. The van der Waals surface area contributed by atoms with Gasteiger partial charge in [0, 0.05) is 39.0 Å². The van der Waals surface area contributed by atoms with Crippen LogP contribution in [0.4, 0.5) is 9.18 Å². The van der Waals surface area contributed by atoms with Crippen molar-refractivity contribution in [2.75, 3.05) is 32.8 Å². The average Bonchev–Trinajstić information content (AvgIpc) is 2.69. The van der Waals surface area contributed by atoms with Gasteiger partial charge < -0.3 is 24.6 Å². The third-order valence-corrected chi connectivity index (χ3v) is 5.79. The summed E-state index contributed by atoms with van der Waals surface area (Å²) in [7, 11) is 0. The van der Waals surface area contributed by atoms with E-state index in [4.69, 9.17) is 21.1 Å². The fraction of sp³-hybridized carbons (Fsp3) is 0.579. The van der Waals surface area contributed by atoms with Crippen LogP contribution >= 0.6 is 11.6 Å². The van der Waals surface area contributed by atoms with Gasteiger partial charge in [-0.25, -0.2) is 9.18 Å². The summed E-state index contributed by atoms with van der Waals surface area (Å²) >= 11 is 6.02. The number of amides is 3. The van der Waals surface area contributed by atoms with Crippen molar-refractivity contribution in [2.24, 2.45) is 0 Å². The van der Waals surface area contributed by atoms with E-state index in [-0.39, 0.29) is 41.8 Å². The highest BCUT2D eigenvalue weighted by Crippen LogP contribution is 2.28. The first-order valence-electron chi connectivity index (χ1n) is 9.56. The zero-order chi connectivity index (χ0) is 19.7. The second-order valence-corrected chi connectivity index (χ2v) is 7.83. The van der Waals surface area contributed by atoms with E-state index in [0.717, 1.165) is 6.42 Å². The predicted molar refractivity (Wildman–Crippen MR) is 99.9 cm³/mol. The minimum absolute atomic E-state index is 0.0126. The number of carbonyl (C=O) groups is 2. The number of rotatable bonds is 2. The lowest BCUT2D eigenvalue weighted by molar-refractivity contribution is -0.139. The number of ether oxygens (including phenoxy) is 2. The SMILES string of the molecule is O=C1CO[C@H]2CCN(C(=O)N3CCC(Oc4ccc(F)cc4Cl)CC3)C[C@H]2N1. The minimum Gasteiger partial charge on any atom is -0.489 e. The predicted octanol–water partition coefficient (Wildman–Crippen LogP) is 2.03. The monoisotopic (exact) mass is 411 g/mol. The molecule has 4 rings (SSSR count). The van der Waals surface area contributed by atoms with Crippen LogP contribution < -0.4 is 10.1 Å². The lowest BCUT2D eigenvalue weighted by Crippen LogP contribution is -2.62. The van der Waals surface area contributed by atoms with Gasteiger partial charge in [-0.3, -0.25) is 4.79 Å². The summed E-state index contributed by atoms with van der Waals surface area (Å²) in [5, 5.41) is 3.16.